The summed E-state index contributed by atoms with van der Waals surface area (Å²) in [6, 6.07) is 7.73. The minimum absolute atomic E-state index is 0.0650. The summed E-state index contributed by atoms with van der Waals surface area (Å²) >= 11 is 0. The second kappa shape index (κ2) is 6.09. The third-order valence-corrected chi connectivity index (χ3v) is 4.21. The SMILES string of the molecule is Cc1ccccc1NC(=O)OC1CCC(C)C(C)C1. The zero-order valence-corrected chi connectivity index (χ0v) is 12.0. The average molecular weight is 261 g/mol. The van der Waals surface area contributed by atoms with Crippen molar-refractivity contribution in [3.05, 3.63) is 29.8 Å². The van der Waals surface area contributed by atoms with Crippen molar-refractivity contribution in [1.82, 2.24) is 0 Å². The van der Waals surface area contributed by atoms with Gasteiger partial charge in [0, 0.05) is 5.69 Å². The Hall–Kier alpha value is -1.51. The van der Waals surface area contributed by atoms with Gasteiger partial charge in [-0.3, -0.25) is 5.32 Å². The first-order valence-corrected chi connectivity index (χ1v) is 7.09. The second-order valence-electron chi connectivity index (χ2n) is 5.73. The van der Waals surface area contributed by atoms with Crippen LogP contribution in [0.15, 0.2) is 24.3 Å². The van der Waals surface area contributed by atoms with Crippen LogP contribution in [0.25, 0.3) is 0 Å². The number of benzene rings is 1. The molecule has 1 aliphatic carbocycles. The van der Waals surface area contributed by atoms with E-state index < -0.39 is 0 Å². The highest BCUT2D eigenvalue weighted by molar-refractivity contribution is 5.85. The fourth-order valence-electron chi connectivity index (χ4n) is 2.61. The van der Waals surface area contributed by atoms with Gasteiger partial charge in [0.1, 0.15) is 6.10 Å². The van der Waals surface area contributed by atoms with E-state index in [0.29, 0.717) is 5.92 Å². The number of anilines is 1. The van der Waals surface area contributed by atoms with Crippen LogP contribution in [0.5, 0.6) is 0 Å². The Morgan fingerprint density at radius 3 is 2.63 bits per heavy atom. The van der Waals surface area contributed by atoms with Gasteiger partial charge in [0.25, 0.3) is 0 Å². The summed E-state index contributed by atoms with van der Waals surface area (Å²) < 4.78 is 5.52. The number of hydrogen-bond acceptors (Lipinski definition) is 2. The van der Waals surface area contributed by atoms with Gasteiger partial charge >= 0.3 is 6.09 Å². The molecule has 1 N–H and O–H groups in total. The van der Waals surface area contributed by atoms with E-state index in [1.54, 1.807) is 0 Å². The van der Waals surface area contributed by atoms with Crippen LogP contribution >= 0.6 is 0 Å². The highest BCUT2D eigenvalue weighted by Gasteiger charge is 2.27. The maximum Gasteiger partial charge on any atom is 0.411 e. The molecule has 3 nitrogen and oxygen atoms in total. The summed E-state index contributed by atoms with van der Waals surface area (Å²) in [5, 5.41) is 2.82. The lowest BCUT2D eigenvalue weighted by Gasteiger charge is -2.31. The van der Waals surface area contributed by atoms with Crippen molar-refractivity contribution in [3.63, 3.8) is 0 Å². The van der Waals surface area contributed by atoms with E-state index in [2.05, 4.69) is 19.2 Å². The normalized spacial score (nSPS) is 26.8. The first-order chi connectivity index (χ1) is 9.06. The molecule has 1 saturated carbocycles. The van der Waals surface area contributed by atoms with Crippen LogP contribution in [0.4, 0.5) is 10.5 Å². The van der Waals surface area contributed by atoms with Crippen molar-refractivity contribution in [2.24, 2.45) is 11.8 Å². The highest BCUT2D eigenvalue weighted by Crippen LogP contribution is 2.31. The largest absolute Gasteiger partial charge is 0.446 e. The quantitative estimate of drug-likeness (QED) is 0.858. The summed E-state index contributed by atoms with van der Waals surface area (Å²) in [4.78, 5) is 11.9. The van der Waals surface area contributed by atoms with E-state index in [0.717, 1.165) is 36.4 Å². The molecular formula is C16H23NO2. The number of nitrogens with one attached hydrogen (secondary N) is 1. The molecule has 3 atom stereocenters. The Morgan fingerprint density at radius 2 is 1.95 bits per heavy atom. The monoisotopic (exact) mass is 261 g/mol. The Kier molecular flexibility index (Phi) is 4.46. The lowest BCUT2D eigenvalue weighted by molar-refractivity contribution is 0.0560. The van der Waals surface area contributed by atoms with E-state index in [4.69, 9.17) is 4.74 Å². The molecule has 0 aliphatic heterocycles. The third-order valence-electron chi connectivity index (χ3n) is 4.21. The first kappa shape index (κ1) is 13.9. The summed E-state index contributed by atoms with van der Waals surface area (Å²) in [7, 11) is 0. The zero-order valence-electron chi connectivity index (χ0n) is 12.0. The predicted molar refractivity (Wildman–Crippen MR) is 77.2 cm³/mol. The third kappa shape index (κ3) is 3.72. The summed E-state index contributed by atoms with van der Waals surface area (Å²) in [5.74, 6) is 1.37. The molecule has 3 unspecified atom stereocenters. The predicted octanol–water partition coefficient (Wildman–Crippen LogP) is 4.37. The molecular weight excluding hydrogens is 238 g/mol. The van der Waals surface area contributed by atoms with Crippen LogP contribution < -0.4 is 5.32 Å². The minimum atomic E-state index is -0.332. The summed E-state index contributed by atoms with van der Waals surface area (Å²) in [5.41, 5.74) is 1.87. The first-order valence-electron chi connectivity index (χ1n) is 7.09. The molecule has 104 valence electrons. The van der Waals surface area contributed by atoms with Crippen LogP contribution in [0, 0.1) is 18.8 Å². The average Bonchev–Trinajstić information content (AvgIpc) is 2.37. The molecule has 19 heavy (non-hydrogen) atoms. The van der Waals surface area contributed by atoms with Crippen molar-refractivity contribution in [1.29, 1.82) is 0 Å². The molecule has 3 heteroatoms. The molecule has 2 rings (SSSR count). The van der Waals surface area contributed by atoms with Gasteiger partial charge in [0.05, 0.1) is 0 Å². The number of ether oxygens (including phenoxy) is 1. The van der Waals surface area contributed by atoms with Crippen molar-refractivity contribution in [3.8, 4) is 0 Å². The maximum atomic E-state index is 11.9. The van der Waals surface area contributed by atoms with Crippen LogP contribution in [0.1, 0.15) is 38.7 Å². The highest BCUT2D eigenvalue weighted by atomic mass is 16.6. The Labute approximate surface area is 115 Å². The van der Waals surface area contributed by atoms with Gasteiger partial charge in [-0.05, 0) is 49.7 Å². The Balaban J connectivity index is 1.87. The number of aryl methyl sites for hydroxylation is 1. The zero-order chi connectivity index (χ0) is 13.8. The van der Waals surface area contributed by atoms with Crippen LogP contribution in [-0.4, -0.2) is 12.2 Å². The molecule has 0 heterocycles. The number of carbonyl (C=O) groups excluding carboxylic acids is 1. The van der Waals surface area contributed by atoms with Crippen molar-refractivity contribution < 1.29 is 9.53 Å². The molecule has 1 aliphatic rings. The molecule has 0 aromatic heterocycles. The molecule has 0 radical (unpaired) electrons. The Morgan fingerprint density at radius 1 is 1.21 bits per heavy atom. The number of para-hydroxylation sites is 1. The number of rotatable bonds is 2. The maximum absolute atomic E-state index is 11.9. The molecule has 0 spiro atoms. The molecule has 1 amide bonds. The topological polar surface area (TPSA) is 38.3 Å². The van der Waals surface area contributed by atoms with Crippen molar-refractivity contribution >= 4 is 11.8 Å². The van der Waals surface area contributed by atoms with E-state index in [9.17, 15) is 4.79 Å². The van der Waals surface area contributed by atoms with Crippen molar-refractivity contribution in [2.45, 2.75) is 46.1 Å². The molecule has 1 fully saturated rings. The van der Waals surface area contributed by atoms with E-state index in [-0.39, 0.29) is 12.2 Å². The standard InChI is InChI=1S/C16H23NO2/c1-11-8-9-14(10-13(11)3)19-16(18)17-15-7-5-4-6-12(15)2/h4-7,11,13-14H,8-10H2,1-3H3,(H,17,18). The van der Waals surface area contributed by atoms with Crippen molar-refractivity contribution in [2.75, 3.05) is 5.32 Å². The fourth-order valence-corrected chi connectivity index (χ4v) is 2.61. The number of carbonyl (C=O) groups is 1. The second-order valence-corrected chi connectivity index (χ2v) is 5.73. The molecule has 0 saturated heterocycles. The van der Waals surface area contributed by atoms with Gasteiger partial charge in [-0.2, -0.15) is 0 Å². The van der Waals surface area contributed by atoms with Gasteiger partial charge in [-0.25, -0.2) is 4.79 Å². The smallest absolute Gasteiger partial charge is 0.411 e. The van der Waals surface area contributed by atoms with Gasteiger partial charge in [0.15, 0.2) is 0 Å². The van der Waals surface area contributed by atoms with Gasteiger partial charge in [-0.15, -0.1) is 0 Å². The summed E-state index contributed by atoms with van der Waals surface area (Å²) in [6.45, 7) is 6.48. The van der Waals surface area contributed by atoms with E-state index >= 15 is 0 Å². The fraction of sp³-hybridized carbons (Fsp3) is 0.562. The van der Waals surface area contributed by atoms with Gasteiger partial charge < -0.3 is 4.74 Å². The number of amides is 1. The number of hydrogen-bond donors (Lipinski definition) is 1. The molecule has 1 aromatic carbocycles. The van der Waals surface area contributed by atoms with Gasteiger partial charge in [0.2, 0.25) is 0 Å². The molecule has 0 bridgehead atoms. The Bertz CT molecular complexity index is 444. The molecule has 1 aromatic rings. The minimum Gasteiger partial charge on any atom is -0.446 e. The van der Waals surface area contributed by atoms with E-state index in [1.807, 2.05) is 31.2 Å². The van der Waals surface area contributed by atoms with Gasteiger partial charge in [-0.1, -0.05) is 32.0 Å². The van der Waals surface area contributed by atoms with Crippen LogP contribution in [-0.2, 0) is 4.74 Å². The van der Waals surface area contributed by atoms with E-state index in [1.165, 1.54) is 0 Å². The van der Waals surface area contributed by atoms with Crippen LogP contribution in [0.3, 0.4) is 0 Å². The van der Waals surface area contributed by atoms with Crippen LogP contribution in [0.2, 0.25) is 0 Å². The lowest BCUT2D eigenvalue weighted by Crippen LogP contribution is -2.30. The lowest BCUT2D eigenvalue weighted by atomic mass is 9.80. The summed E-state index contributed by atoms with van der Waals surface area (Å²) in [6.07, 6.45) is 2.83.